The highest BCUT2D eigenvalue weighted by Gasteiger charge is 2.11. The van der Waals surface area contributed by atoms with Gasteiger partial charge in [0.2, 0.25) is 0 Å². The SMILES string of the molecule is Nc1cn[nH]c1C(=O)Nc1ccc(-n2cc[nH]c2=O)cc1. The number of H-pyrrole nitrogens is 2. The third kappa shape index (κ3) is 2.41. The van der Waals surface area contributed by atoms with Crippen molar-refractivity contribution in [1.29, 1.82) is 0 Å². The monoisotopic (exact) mass is 284 g/mol. The molecule has 1 aromatic carbocycles. The number of anilines is 2. The molecule has 0 saturated carbocycles. The van der Waals surface area contributed by atoms with Crippen molar-refractivity contribution in [3.63, 3.8) is 0 Å². The lowest BCUT2D eigenvalue weighted by molar-refractivity contribution is 0.102. The Morgan fingerprint density at radius 1 is 1.29 bits per heavy atom. The minimum absolute atomic E-state index is 0.209. The number of nitrogens with zero attached hydrogens (tertiary/aromatic N) is 2. The zero-order valence-electron chi connectivity index (χ0n) is 10.8. The Bertz CT molecular complexity index is 827. The van der Waals surface area contributed by atoms with Gasteiger partial charge in [0.25, 0.3) is 5.91 Å². The zero-order chi connectivity index (χ0) is 14.8. The molecule has 0 bridgehead atoms. The number of aromatic amines is 2. The lowest BCUT2D eigenvalue weighted by Crippen LogP contribution is -2.15. The summed E-state index contributed by atoms with van der Waals surface area (Å²) < 4.78 is 1.46. The Labute approximate surface area is 118 Å². The van der Waals surface area contributed by atoms with E-state index in [2.05, 4.69) is 20.5 Å². The molecule has 106 valence electrons. The first kappa shape index (κ1) is 12.7. The van der Waals surface area contributed by atoms with Crippen LogP contribution in [-0.4, -0.2) is 25.7 Å². The number of carbonyl (C=O) groups excluding carboxylic acids is 1. The van der Waals surface area contributed by atoms with Gasteiger partial charge in [-0.3, -0.25) is 14.5 Å². The summed E-state index contributed by atoms with van der Waals surface area (Å²) in [5.41, 5.74) is 7.15. The van der Waals surface area contributed by atoms with Gasteiger partial charge in [0.15, 0.2) is 0 Å². The molecule has 0 aliphatic heterocycles. The molecular formula is C13H12N6O2. The number of hydrogen-bond acceptors (Lipinski definition) is 4. The molecule has 0 fully saturated rings. The molecule has 2 heterocycles. The number of amides is 1. The molecule has 0 aliphatic carbocycles. The molecular weight excluding hydrogens is 272 g/mol. The molecule has 3 aromatic rings. The highest BCUT2D eigenvalue weighted by molar-refractivity contribution is 6.06. The summed E-state index contributed by atoms with van der Waals surface area (Å²) in [5.74, 6) is -0.378. The van der Waals surface area contributed by atoms with E-state index in [1.165, 1.54) is 10.8 Å². The summed E-state index contributed by atoms with van der Waals surface area (Å²) >= 11 is 0. The molecule has 8 nitrogen and oxygen atoms in total. The average molecular weight is 284 g/mol. The van der Waals surface area contributed by atoms with Crippen molar-refractivity contribution in [2.75, 3.05) is 11.1 Å². The molecule has 8 heteroatoms. The lowest BCUT2D eigenvalue weighted by atomic mass is 10.2. The molecule has 3 rings (SSSR count). The quantitative estimate of drug-likeness (QED) is 0.566. The van der Waals surface area contributed by atoms with Crippen LogP contribution < -0.4 is 16.7 Å². The molecule has 5 N–H and O–H groups in total. The van der Waals surface area contributed by atoms with Crippen molar-refractivity contribution >= 4 is 17.3 Å². The molecule has 0 atom stereocenters. The summed E-state index contributed by atoms with van der Waals surface area (Å²) in [6, 6.07) is 6.83. The number of benzene rings is 1. The highest BCUT2D eigenvalue weighted by Crippen LogP contribution is 2.14. The van der Waals surface area contributed by atoms with Crippen LogP contribution in [0, 0.1) is 0 Å². The van der Waals surface area contributed by atoms with E-state index in [1.54, 1.807) is 36.7 Å². The predicted molar refractivity (Wildman–Crippen MR) is 77.3 cm³/mol. The number of nitrogens with one attached hydrogen (secondary N) is 3. The average Bonchev–Trinajstić information content (AvgIpc) is 3.08. The molecule has 0 aliphatic rings. The third-order valence-electron chi connectivity index (χ3n) is 2.95. The Balaban J connectivity index is 1.79. The van der Waals surface area contributed by atoms with Gasteiger partial charge in [-0.2, -0.15) is 5.10 Å². The molecule has 0 radical (unpaired) electrons. The maximum absolute atomic E-state index is 11.9. The number of hydrogen-bond donors (Lipinski definition) is 4. The van der Waals surface area contributed by atoms with Gasteiger partial charge in [-0.25, -0.2) is 4.79 Å². The zero-order valence-corrected chi connectivity index (χ0v) is 10.8. The lowest BCUT2D eigenvalue weighted by Gasteiger charge is -2.06. The second-order valence-electron chi connectivity index (χ2n) is 4.34. The van der Waals surface area contributed by atoms with E-state index in [0.29, 0.717) is 11.4 Å². The minimum atomic E-state index is -0.378. The van der Waals surface area contributed by atoms with Crippen LogP contribution in [0.5, 0.6) is 0 Å². The van der Waals surface area contributed by atoms with Crippen molar-refractivity contribution in [2.24, 2.45) is 0 Å². The first-order valence-electron chi connectivity index (χ1n) is 6.12. The van der Waals surface area contributed by atoms with Gasteiger partial charge in [-0.1, -0.05) is 0 Å². The number of carbonyl (C=O) groups is 1. The summed E-state index contributed by atoms with van der Waals surface area (Å²) in [4.78, 5) is 26.0. The van der Waals surface area contributed by atoms with Crippen LogP contribution >= 0.6 is 0 Å². The first-order valence-corrected chi connectivity index (χ1v) is 6.12. The number of rotatable bonds is 3. The van der Waals surface area contributed by atoms with E-state index < -0.39 is 0 Å². The largest absolute Gasteiger partial charge is 0.396 e. The number of nitrogens with two attached hydrogens (primary N) is 1. The van der Waals surface area contributed by atoms with E-state index in [-0.39, 0.29) is 23.0 Å². The minimum Gasteiger partial charge on any atom is -0.396 e. The van der Waals surface area contributed by atoms with Gasteiger partial charge in [-0.15, -0.1) is 0 Å². The van der Waals surface area contributed by atoms with E-state index in [1.807, 2.05) is 0 Å². The van der Waals surface area contributed by atoms with Crippen molar-refractivity contribution in [1.82, 2.24) is 19.7 Å². The summed E-state index contributed by atoms with van der Waals surface area (Å²) in [7, 11) is 0. The van der Waals surface area contributed by atoms with Crippen molar-refractivity contribution in [2.45, 2.75) is 0 Å². The highest BCUT2D eigenvalue weighted by atomic mass is 16.2. The van der Waals surface area contributed by atoms with Crippen molar-refractivity contribution < 1.29 is 4.79 Å². The van der Waals surface area contributed by atoms with Crippen LogP contribution in [0.25, 0.3) is 5.69 Å². The van der Waals surface area contributed by atoms with Crippen LogP contribution in [0.3, 0.4) is 0 Å². The van der Waals surface area contributed by atoms with Crippen LogP contribution in [0.15, 0.2) is 47.7 Å². The second kappa shape index (κ2) is 5.00. The maximum Gasteiger partial charge on any atom is 0.330 e. The first-order chi connectivity index (χ1) is 10.1. The topological polar surface area (TPSA) is 122 Å². The third-order valence-corrected chi connectivity index (χ3v) is 2.95. The van der Waals surface area contributed by atoms with E-state index in [0.717, 1.165) is 0 Å². The van der Waals surface area contributed by atoms with Crippen LogP contribution in [0.4, 0.5) is 11.4 Å². The van der Waals surface area contributed by atoms with E-state index in [9.17, 15) is 9.59 Å². The normalized spacial score (nSPS) is 10.5. The number of imidazole rings is 1. The van der Waals surface area contributed by atoms with Crippen molar-refractivity contribution in [3.8, 4) is 5.69 Å². The number of aromatic nitrogens is 4. The summed E-state index contributed by atoms with van der Waals surface area (Å²) in [6.45, 7) is 0. The Hall–Kier alpha value is -3.29. The van der Waals surface area contributed by atoms with E-state index in [4.69, 9.17) is 5.73 Å². The van der Waals surface area contributed by atoms with Gasteiger partial charge in [0.05, 0.1) is 17.6 Å². The smallest absolute Gasteiger partial charge is 0.330 e. The fourth-order valence-electron chi connectivity index (χ4n) is 1.90. The second-order valence-corrected chi connectivity index (χ2v) is 4.34. The van der Waals surface area contributed by atoms with Gasteiger partial charge >= 0.3 is 5.69 Å². The predicted octanol–water partition coefficient (Wildman–Crippen LogP) is 0.723. The van der Waals surface area contributed by atoms with Gasteiger partial charge in [-0.05, 0) is 24.3 Å². The summed E-state index contributed by atoms with van der Waals surface area (Å²) in [6.07, 6.45) is 4.55. The molecule has 2 aromatic heterocycles. The van der Waals surface area contributed by atoms with Crippen LogP contribution in [-0.2, 0) is 0 Å². The van der Waals surface area contributed by atoms with Crippen LogP contribution in [0.2, 0.25) is 0 Å². The van der Waals surface area contributed by atoms with Gasteiger partial charge in [0, 0.05) is 18.1 Å². The standard InChI is InChI=1S/C13H12N6O2/c14-10-7-16-18-11(10)12(20)17-8-1-3-9(4-2-8)19-6-5-15-13(19)21/h1-7H,14H2,(H,15,21)(H,16,18)(H,17,20). The van der Waals surface area contributed by atoms with Crippen LogP contribution in [0.1, 0.15) is 10.5 Å². The maximum atomic E-state index is 11.9. The van der Waals surface area contributed by atoms with Crippen molar-refractivity contribution in [3.05, 3.63) is 59.0 Å². The Kier molecular flexibility index (Phi) is 3.03. The van der Waals surface area contributed by atoms with Gasteiger partial charge < -0.3 is 16.0 Å². The van der Waals surface area contributed by atoms with E-state index >= 15 is 0 Å². The molecule has 0 spiro atoms. The Morgan fingerprint density at radius 3 is 2.62 bits per heavy atom. The van der Waals surface area contributed by atoms with Gasteiger partial charge in [0.1, 0.15) is 5.69 Å². The summed E-state index contributed by atoms with van der Waals surface area (Å²) in [5, 5.41) is 8.91. The fourth-order valence-corrected chi connectivity index (χ4v) is 1.90. The molecule has 0 saturated heterocycles. The molecule has 1 amide bonds. The molecule has 0 unspecified atom stereocenters. The fraction of sp³-hybridized carbons (Fsp3) is 0. The number of nitrogen functional groups attached to an aromatic ring is 1. The molecule has 21 heavy (non-hydrogen) atoms. The Morgan fingerprint density at radius 2 is 2.05 bits per heavy atom.